The normalized spacial score (nSPS) is 12.3. The summed E-state index contributed by atoms with van der Waals surface area (Å²) in [4.78, 5) is 21.5. The first-order valence-corrected chi connectivity index (χ1v) is 8.37. The van der Waals surface area contributed by atoms with Gasteiger partial charge in [-0.15, -0.1) is 22.9 Å². The summed E-state index contributed by atoms with van der Waals surface area (Å²) in [5.74, 6) is 2.04. The number of aromatic amines is 1. The highest BCUT2D eigenvalue weighted by atomic mass is 35.5. The van der Waals surface area contributed by atoms with E-state index in [1.807, 2.05) is 12.1 Å². The molecule has 1 aliphatic carbocycles. The number of nitrogens with zero attached hydrogens (tertiary/aromatic N) is 1. The van der Waals surface area contributed by atoms with Gasteiger partial charge in [-0.1, -0.05) is 0 Å². The zero-order chi connectivity index (χ0) is 16.1. The average Bonchev–Trinajstić information content (AvgIpc) is 3.08. The predicted molar refractivity (Wildman–Crippen MR) is 91.1 cm³/mol. The molecule has 0 amide bonds. The monoisotopic (exact) mass is 348 g/mol. The third kappa shape index (κ3) is 2.05. The first-order chi connectivity index (χ1) is 11.2. The molecule has 0 saturated carbocycles. The van der Waals surface area contributed by atoms with E-state index in [9.17, 15) is 4.79 Å². The smallest absolute Gasteiger partial charge is 0.260 e. The Hall–Kier alpha value is -2.05. The number of hydrogen-bond acceptors (Lipinski definition) is 5. The van der Waals surface area contributed by atoms with Crippen molar-refractivity contribution >= 4 is 33.2 Å². The summed E-state index contributed by atoms with van der Waals surface area (Å²) < 4.78 is 10.8. The molecular formula is C16H13ClN2O3S. The molecule has 5 nitrogen and oxygen atoms in total. The standard InChI is InChI=1S/C16H13ClN2O3S/c1-21-9-3-7-4-11-13(8(7)5-10(9)22-2)14-15(20)18-12(6-17)19-16(14)23-11/h3,5H,4,6H2,1-2H3,(H,18,19,20). The molecule has 0 atom stereocenters. The van der Waals surface area contributed by atoms with Crippen LogP contribution in [0.15, 0.2) is 16.9 Å². The topological polar surface area (TPSA) is 64.2 Å². The van der Waals surface area contributed by atoms with Crippen LogP contribution in [-0.2, 0) is 12.3 Å². The maximum atomic E-state index is 12.5. The summed E-state index contributed by atoms with van der Waals surface area (Å²) in [5, 5.41) is 0.629. The molecule has 2 aromatic heterocycles. The van der Waals surface area contributed by atoms with Gasteiger partial charge >= 0.3 is 0 Å². The lowest BCUT2D eigenvalue weighted by Gasteiger charge is -2.10. The van der Waals surface area contributed by atoms with E-state index in [2.05, 4.69) is 9.97 Å². The third-order valence-corrected chi connectivity index (χ3v) is 5.38. The average molecular weight is 349 g/mol. The first kappa shape index (κ1) is 14.5. The zero-order valence-corrected chi connectivity index (χ0v) is 14.1. The lowest BCUT2D eigenvalue weighted by Crippen LogP contribution is -2.10. The number of rotatable bonds is 3. The number of hydrogen-bond donors (Lipinski definition) is 1. The number of thiophene rings is 1. The van der Waals surface area contributed by atoms with E-state index >= 15 is 0 Å². The van der Waals surface area contributed by atoms with Crippen molar-refractivity contribution < 1.29 is 9.47 Å². The number of benzene rings is 1. The number of ether oxygens (including phenoxy) is 2. The minimum Gasteiger partial charge on any atom is -0.493 e. The summed E-state index contributed by atoms with van der Waals surface area (Å²) in [7, 11) is 3.22. The third-order valence-electron chi connectivity index (χ3n) is 4.04. The van der Waals surface area contributed by atoms with Crippen LogP contribution in [0.1, 0.15) is 16.3 Å². The zero-order valence-electron chi connectivity index (χ0n) is 12.5. The molecule has 2 heterocycles. The Morgan fingerprint density at radius 3 is 2.74 bits per heavy atom. The Morgan fingerprint density at radius 1 is 1.30 bits per heavy atom. The van der Waals surface area contributed by atoms with Gasteiger partial charge in [-0.3, -0.25) is 4.79 Å². The Morgan fingerprint density at radius 2 is 2.04 bits per heavy atom. The molecule has 0 bridgehead atoms. The number of methoxy groups -OCH3 is 2. The van der Waals surface area contributed by atoms with Crippen LogP contribution in [0.2, 0.25) is 0 Å². The van der Waals surface area contributed by atoms with E-state index in [1.165, 1.54) is 0 Å². The molecule has 0 unspecified atom stereocenters. The van der Waals surface area contributed by atoms with E-state index in [0.29, 0.717) is 22.7 Å². The van der Waals surface area contributed by atoms with Crippen molar-refractivity contribution in [1.29, 1.82) is 0 Å². The summed E-state index contributed by atoms with van der Waals surface area (Å²) in [6.07, 6.45) is 0.766. The largest absolute Gasteiger partial charge is 0.493 e. The van der Waals surface area contributed by atoms with Gasteiger partial charge in [-0.25, -0.2) is 4.98 Å². The molecule has 23 heavy (non-hydrogen) atoms. The van der Waals surface area contributed by atoms with Gasteiger partial charge in [-0.2, -0.15) is 0 Å². The molecule has 1 aromatic carbocycles. The van der Waals surface area contributed by atoms with Crippen molar-refractivity contribution in [2.75, 3.05) is 14.2 Å². The van der Waals surface area contributed by atoms with E-state index in [-0.39, 0.29) is 11.4 Å². The maximum Gasteiger partial charge on any atom is 0.260 e. The van der Waals surface area contributed by atoms with Crippen molar-refractivity contribution in [3.63, 3.8) is 0 Å². The first-order valence-electron chi connectivity index (χ1n) is 7.02. The molecule has 3 aromatic rings. The molecule has 7 heteroatoms. The van der Waals surface area contributed by atoms with Crippen LogP contribution in [-0.4, -0.2) is 24.2 Å². The second-order valence-corrected chi connectivity index (χ2v) is 6.62. The Kier molecular flexibility index (Phi) is 3.32. The lowest BCUT2D eigenvalue weighted by molar-refractivity contribution is 0.355. The van der Waals surface area contributed by atoms with Gasteiger partial charge in [-0.05, 0) is 23.3 Å². The highest BCUT2D eigenvalue weighted by Gasteiger charge is 2.28. The SMILES string of the molecule is COc1cc2c(cc1OC)-c1c(sc3nc(CCl)[nH]c(=O)c13)C2. The van der Waals surface area contributed by atoms with Gasteiger partial charge in [0.2, 0.25) is 0 Å². The Labute approximate surface area is 140 Å². The van der Waals surface area contributed by atoms with Gasteiger partial charge < -0.3 is 14.5 Å². The highest BCUT2D eigenvalue weighted by molar-refractivity contribution is 7.19. The fourth-order valence-electron chi connectivity index (χ4n) is 3.04. The molecule has 4 rings (SSSR count). The van der Waals surface area contributed by atoms with Gasteiger partial charge in [0.1, 0.15) is 10.7 Å². The van der Waals surface area contributed by atoms with Gasteiger partial charge in [0.15, 0.2) is 11.5 Å². The minimum atomic E-state index is -0.147. The number of aromatic nitrogens is 2. The second kappa shape index (κ2) is 5.25. The molecular weight excluding hydrogens is 336 g/mol. The number of fused-ring (bicyclic) bond motifs is 5. The fraction of sp³-hybridized carbons (Fsp3) is 0.250. The minimum absolute atomic E-state index is 0.147. The Balaban J connectivity index is 2.02. The van der Waals surface area contributed by atoms with Crippen LogP contribution in [0.25, 0.3) is 21.3 Å². The predicted octanol–water partition coefficient (Wildman–Crippen LogP) is 3.31. The number of H-pyrrole nitrogens is 1. The van der Waals surface area contributed by atoms with Gasteiger partial charge in [0, 0.05) is 16.9 Å². The van der Waals surface area contributed by atoms with E-state index in [4.69, 9.17) is 21.1 Å². The van der Waals surface area contributed by atoms with Crippen molar-refractivity contribution in [3.8, 4) is 22.6 Å². The summed E-state index contributed by atoms with van der Waals surface area (Å²) >= 11 is 7.33. The maximum absolute atomic E-state index is 12.5. The second-order valence-electron chi connectivity index (χ2n) is 5.27. The molecule has 118 valence electrons. The van der Waals surface area contributed by atoms with Crippen LogP contribution >= 0.6 is 22.9 Å². The molecule has 0 spiro atoms. The molecule has 1 N–H and O–H groups in total. The van der Waals surface area contributed by atoms with Crippen molar-refractivity contribution in [1.82, 2.24) is 9.97 Å². The van der Waals surface area contributed by atoms with Crippen LogP contribution in [0.3, 0.4) is 0 Å². The van der Waals surface area contributed by atoms with Crippen LogP contribution < -0.4 is 15.0 Å². The molecule has 0 radical (unpaired) electrons. The fourth-order valence-corrected chi connectivity index (χ4v) is 4.40. The highest BCUT2D eigenvalue weighted by Crippen LogP contribution is 2.48. The number of halogens is 1. The summed E-state index contributed by atoms with van der Waals surface area (Å²) in [6.45, 7) is 0. The number of nitrogens with one attached hydrogen (secondary N) is 1. The van der Waals surface area contributed by atoms with Gasteiger partial charge in [0.05, 0.1) is 25.5 Å². The Bertz CT molecular complexity index is 993. The van der Waals surface area contributed by atoms with Crippen LogP contribution in [0, 0.1) is 0 Å². The number of alkyl halides is 1. The van der Waals surface area contributed by atoms with Crippen molar-refractivity contribution in [3.05, 3.63) is 38.8 Å². The molecule has 0 saturated heterocycles. The quantitative estimate of drug-likeness (QED) is 0.577. The summed E-state index contributed by atoms with van der Waals surface area (Å²) in [6, 6.07) is 3.91. The van der Waals surface area contributed by atoms with E-state index in [0.717, 1.165) is 32.8 Å². The van der Waals surface area contributed by atoms with Crippen LogP contribution in [0.5, 0.6) is 11.5 Å². The van der Waals surface area contributed by atoms with E-state index < -0.39 is 0 Å². The molecule has 1 aliphatic rings. The van der Waals surface area contributed by atoms with Gasteiger partial charge in [0.25, 0.3) is 5.56 Å². The van der Waals surface area contributed by atoms with Crippen molar-refractivity contribution in [2.45, 2.75) is 12.3 Å². The van der Waals surface area contributed by atoms with Crippen molar-refractivity contribution in [2.24, 2.45) is 0 Å². The molecule has 0 aliphatic heterocycles. The summed E-state index contributed by atoms with van der Waals surface area (Å²) in [5.41, 5.74) is 2.95. The lowest BCUT2D eigenvalue weighted by atomic mass is 10.0. The van der Waals surface area contributed by atoms with Crippen LogP contribution in [0.4, 0.5) is 0 Å². The van der Waals surface area contributed by atoms with E-state index in [1.54, 1.807) is 25.6 Å². The molecule has 0 fully saturated rings.